The van der Waals surface area contributed by atoms with Crippen LogP contribution in [0.25, 0.3) is 16.8 Å². The van der Waals surface area contributed by atoms with E-state index in [0.29, 0.717) is 11.5 Å². The predicted octanol–water partition coefficient (Wildman–Crippen LogP) is 6.07. The van der Waals surface area contributed by atoms with Gasteiger partial charge >= 0.3 is 5.97 Å². The Hall–Kier alpha value is -3.94. The van der Waals surface area contributed by atoms with Crippen LogP contribution < -0.4 is 4.74 Å². The molecule has 2 aromatic heterocycles. The van der Waals surface area contributed by atoms with E-state index in [2.05, 4.69) is 52.7 Å². The third kappa shape index (κ3) is 5.20. The molecule has 6 rings (SSSR count). The molecule has 4 aromatic rings. The molecule has 2 saturated carbocycles. The maximum Gasteiger partial charge on any atom is 0.341 e. The average molecular weight is 526 g/mol. The third-order valence-electron chi connectivity index (χ3n) is 8.25. The lowest BCUT2D eigenvalue weighted by atomic mass is 9.86. The summed E-state index contributed by atoms with van der Waals surface area (Å²) in [6.45, 7) is 2.20. The van der Waals surface area contributed by atoms with E-state index < -0.39 is 0 Å². The van der Waals surface area contributed by atoms with Gasteiger partial charge in [-0.1, -0.05) is 48.7 Å². The van der Waals surface area contributed by atoms with Crippen molar-refractivity contribution in [2.45, 2.75) is 63.4 Å². The van der Waals surface area contributed by atoms with Gasteiger partial charge < -0.3 is 9.47 Å². The summed E-state index contributed by atoms with van der Waals surface area (Å²) in [6.07, 6.45) is 11.1. The summed E-state index contributed by atoms with van der Waals surface area (Å²) in [6, 6.07) is 16.6. The number of hydrogen-bond donors (Lipinski definition) is 0. The van der Waals surface area contributed by atoms with E-state index in [-0.39, 0.29) is 23.9 Å². The number of carbonyl (C=O) groups is 1. The Balaban J connectivity index is 1.29. The number of aromatic nitrogens is 5. The summed E-state index contributed by atoms with van der Waals surface area (Å²) in [5.74, 6) is 1.45. The Morgan fingerprint density at radius 3 is 2.54 bits per heavy atom. The van der Waals surface area contributed by atoms with Gasteiger partial charge in [0.25, 0.3) is 0 Å². The molecule has 202 valence electrons. The van der Waals surface area contributed by atoms with E-state index in [4.69, 9.17) is 9.47 Å². The standard InChI is InChI=1S/C31H35N5O3/c1-20(21-9-5-4-6-10-21)39-25-14-8-12-23(16-25)22-11-7-13-24(15-22)36-30(28(18-32-36)31(37)38-3)27-17-26(27)29-19-35(2)34-33-29/h7-8,11-16,18-21,26-27H,4-6,9-10,17H2,1-3H3/t20-,26?,27?/m0/s1. The molecular weight excluding hydrogens is 490 g/mol. The second kappa shape index (κ2) is 10.7. The molecule has 2 heterocycles. The van der Waals surface area contributed by atoms with Crippen molar-refractivity contribution in [1.29, 1.82) is 0 Å². The van der Waals surface area contributed by atoms with Crippen molar-refractivity contribution in [2.24, 2.45) is 13.0 Å². The smallest absolute Gasteiger partial charge is 0.341 e. The molecular formula is C31H35N5O3. The van der Waals surface area contributed by atoms with Gasteiger partial charge in [0, 0.05) is 25.1 Å². The minimum absolute atomic E-state index is 0.111. The minimum Gasteiger partial charge on any atom is -0.490 e. The highest BCUT2D eigenvalue weighted by molar-refractivity contribution is 5.91. The minimum atomic E-state index is -0.380. The van der Waals surface area contributed by atoms with E-state index in [9.17, 15) is 4.79 Å². The van der Waals surface area contributed by atoms with E-state index in [0.717, 1.165) is 40.4 Å². The van der Waals surface area contributed by atoms with Crippen LogP contribution in [0.4, 0.5) is 0 Å². The molecule has 3 atom stereocenters. The molecule has 0 aliphatic heterocycles. The topological polar surface area (TPSA) is 84.1 Å². The largest absolute Gasteiger partial charge is 0.490 e. The first-order chi connectivity index (χ1) is 19.0. The van der Waals surface area contributed by atoms with Gasteiger partial charge in [0.2, 0.25) is 0 Å². The second-order valence-corrected chi connectivity index (χ2v) is 10.9. The summed E-state index contributed by atoms with van der Waals surface area (Å²) in [7, 11) is 3.27. The first-order valence-electron chi connectivity index (χ1n) is 13.9. The van der Waals surface area contributed by atoms with Gasteiger partial charge in [-0.15, -0.1) is 5.10 Å². The molecule has 0 bridgehead atoms. The molecule has 0 saturated heterocycles. The Kier molecular flexibility index (Phi) is 6.94. The summed E-state index contributed by atoms with van der Waals surface area (Å²) in [5, 5.41) is 13.0. The molecule has 0 radical (unpaired) electrons. The Morgan fingerprint density at radius 2 is 1.79 bits per heavy atom. The summed E-state index contributed by atoms with van der Waals surface area (Å²) in [5.41, 5.74) is 5.31. The highest BCUT2D eigenvalue weighted by Crippen LogP contribution is 2.55. The van der Waals surface area contributed by atoms with Crippen LogP contribution in [0.5, 0.6) is 5.75 Å². The SMILES string of the molecule is COC(=O)c1cnn(-c2cccc(-c3cccc(O[C@@H](C)C4CCCCC4)c3)c2)c1C1CC1c1cn(C)nn1. The molecule has 2 fully saturated rings. The summed E-state index contributed by atoms with van der Waals surface area (Å²) < 4.78 is 15.1. The monoisotopic (exact) mass is 525 g/mol. The van der Waals surface area contributed by atoms with Crippen LogP contribution in [-0.2, 0) is 11.8 Å². The number of esters is 1. The van der Waals surface area contributed by atoms with Crippen molar-refractivity contribution in [2.75, 3.05) is 7.11 Å². The van der Waals surface area contributed by atoms with Crippen LogP contribution in [0.1, 0.15) is 79.0 Å². The van der Waals surface area contributed by atoms with E-state index in [1.165, 1.54) is 39.2 Å². The van der Waals surface area contributed by atoms with Crippen LogP contribution in [0.15, 0.2) is 60.9 Å². The van der Waals surface area contributed by atoms with E-state index >= 15 is 0 Å². The number of benzene rings is 2. The van der Waals surface area contributed by atoms with Crippen molar-refractivity contribution >= 4 is 5.97 Å². The maximum absolute atomic E-state index is 12.7. The number of carbonyl (C=O) groups excluding carboxylic acids is 1. The van der Waals surface area contributed by atoms with Crippen LogP contribution in [-0.4, -0.2) is 44.0 Å². The summed E-state index contributed by atoms with van der Waals surface area (Å²) in [4.78, 5) is 12.7. The van der Waals surface area contributed by atoms with Crippen LogP contribution in [0, 0.1) is 5.92 Å². The third-order valence-corrected chi connectivity index (χ3v) is 8.25. The van der Waals surface area contributed by atoms with Crippen molar-refractivity contribution in [1.82, 2.24) is 24.8 Å². The number of ether oxygens (including phenoxy) is 2. The first kappa shape index (κ1) is 25.3. The maximum atomic E-state index is 12.7. The van der Waals surface area contributed by atoms with Crippen molar-refractivity contribution < 1.29 is 14.3 Å². The average Bonchev–Trinajstić information content (AvgIpc) is 3.42. The number of aryl methyl sites for hydroxylation is 1. The highest BCUT2D eigenvalue weighted by atomic mass is 16.5. The molecule has 0 amide bonds. The summed E-state index contributed by atoms with van der Waals surface area (Å²) >= 11 is 0. The van der Waals surface area contributed by atoms with Gasteiger partial charge in [-0.3, -0.25) is 4.68 Å². The van der Waals surface area contributed by atoms with Crippen LogP contribution in [0.2, 0.25) is 0 Å². The normalized spacial score (nSPS) is 20.0. The Morgan fingerprint density at radius 1 is 1.03 bits per heavy atom. The predicted molar refractivity (Wildman–Crippen MR) is 148 cm³/mol. The molecule has 0 N–H and O–H groups in total. The van der Waals surface area contributed by atoms with Gasteiger partial charge in [0.1, 0.15) is 11.3 Å². The fraction of sp³-hybridized carbons (Fsp3) is 0.419. The number of rotatable bonds is 8. The fourth-order valence-electron chi connectivity index (χ4n) is 6.03. The molecule has 8 nitrogen and oxygen atoms in total. The van der Waals surface area contributed by atoms with Crippen molar-refractivity contribution in [3.63, 3.8) is 0 Å². The lowest BCUT2D eigenvalue weighted by Gasteiger charge is -2.28. The van der Waals surface area contributed by atoms with Gasteiger partial charge in [-0.05, 0) is 67.5 Å². The zero-order chi connectivity index (χ0) is 26.9. The van der Waals surface area contributed by atoms with Gasteiger partial charge in [-0.2, -0.15) is 5.10 Å². The molecule has 0 spiro atoms. The zero-order valence-corrected chi connectivity index (χ0v) is 22.8. The lowest BCUT2D eigenvalue weighted by molar-refractivity contribution is 0.0599. The quantitative estimate of drug-likeness (QED) is 0.260. The van der Waals surface area contributed by atoms with Gasteiger partial charge in [0.15, 0.2) is 0 Å². The van der Waals surface area contributed by atoms with Gasteiger partial charge in [-0.25, -0.2) is 9.48 Å². The van der Waals surface area contributed by atoms with E-state index in [1.54, 1.807) is 10.9 Å². The Bertz CT molecular complexity index is 1470. The fourth-order valence-corrected chi connectivity index (χ4v) is 6.03. The molecule has 2 aliphatic carbocycles. The zero-order valence-electron chi connectivity index (χ0n) is 22.8. The highest BCUT2D eigenvalue weighted by Gasteiger charge is 2.46. The lowest BCUT2D eigenvalue weighted by Crippen LogP contribution is -2.25. The van der Waals surface area contributed by atoms with E-state index in [1.807, 2.05) is 36.1 Å². The Labute approximate surface area is 228 Å². The van der Waals surface area contributed by atoms with Gasteiger partial charge in [0.05, 0.1) is 36.5 Å². The molecule has 39 heavy (non-hydrogen) atoms. The van der Waals surface area contributed by atoms with Crippen LogP contribution in [0.3, 0.4) is 0 Å². The number of methoxy groups -OCH3 is 1. The molecule has 2 unspecified atom stereocenters. The van der Waals surface area contributed by atoms with Crippen LogP contribution >= 0.6 is 0 Å². The first-order valence-corrected chi connectivity index (χ1v) is 13.9. The molecule has 2 aromatic carbocycles. The van der Waals surface area contributed by atoms with Crippen molar-refractivity contribution in [3.8, 4) is 22.6 Å². The number of nitrogens with zero attached hydrogens (tertiary/aromatic N) is 5. The number of hydrogen-bond acceptors (Lipinski definition) is 6. The van der Waals surface area contributed by atoms with Crippen molar-refractivity contribution in [3.05, 3.63) is 77.9 Å². The second-order valence-electron chi connectivity index (χ2n) is 10.9. The molecule has 8 heteroatoms. The molecule has 2 aliphatic rings.